The molecule has 1 heterocycles. The van der Waals surface area contributed by atoms with Crippen molar-refractivity contribution < 1.29 is 26.5 Å². The van der Waals surface area contributed by atoms with Crippen LogP contribution in [0.25, 0.3) is 0 Å². The fourth-order valence-electron chi connectivity index (χ4n) is 0.701. The van der Waals surface area contributed by atoms with Crippen LogP contribution in [-0.2, 0) is 26.5 Å². The van der Waals surface area contributed by atoms with Crippen LogP contribution in [0.3, 0.4) is 0 Å². The summed E-state index contributed by atoms with van der Waals surface area (Å²) >= 11 is 0. The van der Waals surface area contributed by atoms with Crippen molar-refractivity contribution in [3.8, 4) is 0 Å². The Morgan fingerprint density at radius 2 is 1.89 bits per heavy atom. The third-order valence-corrected chi connectivity index (χ3v) is 1.35. The van der Waals surface area contributed by atoms with E-state index in [0.717, 1.165) is 0 Å². The molecule has 0 aromatic heterocycles. The molecule has 58 valence electrons. The van der Waals surface area contributed by atoms with Crippen molar-refractivity contribution >= 4 is 0 Å². The van der Waals surface area contributed by atoms with Gasteiger partial charge in [-0.2, -0.15) is 0 Å². The van der Waals surface area contributed by atoms with Gasteiger partial charge in [0, 0.05) is 0 Å². The zero-order chi connectivity index (χ0) is 6.04. The average Bonchev–Trinajstić information content (AvgIpc) is 2.17. The van der Waals surface area contributed by atoms with E-state index in [2.05, 4.69) is 6.92 Å². The van der Waals surface area contributed by atoms with E-state index < -0.39 is 0 Å². The van der Waals surface area contributed by atoms with Crippen molar-refractivity contribution in [1.82, 2.24) is 0 Å². The second-order valence-electron chi connectivity index (χ2n) is 2.08. The molecule has 1 saturated heterocycles. The Labute approximate surface area is 66.4 Å². The first-order chi connectivity index (χ1) is 3.77. The minimum absolute atomic E-state index is 0. The first-order valence-electron chi connectivity index (χ1n) is 2.84. The van der Waals surface area contributed by atoms with Gasteiger partial charge in [0.25, 0.3) is 0 Å². The molecular weight excluding hydrogens is 168 g/mol. The molecule has 0 amide bonds. The molecule has 0 saturated carbocycles. The molecule has 1 fully saturated rings. The molecule has 0 radical (unpaired) electrons. The summed E-state index contributed by atoms with van der Waals surface area (Å²) in [6.07, 6.45) is 0.688. The summed E-state index contributed by atoms with van der Waals surface area (Å²) in [7, 11) is 0. The molecule has 0 bridgehead atoms. The predicted octanol–water partition coefficient (Wildman–Crippen LogP) is 0.971. The van der Waals surface area contributed by atoms with Gasteiger partial charge in [-0.25, -0.2) is 0 Å². The summed E-state index contributed by atoms with van der Waals surface area (Å²) in [6.45, 7) is 7.03. The van der Waals surface area contributed by atoms with Crippen LogP contribution < -0.4 is 0 Å². The molecule has 0 N–H and O–H groups in total. The first-order valence-corrected chi connectivity index (χ1v) is 2.84. The molecule has 1 aliphatic rings. The molecule has 0 unspecified atom stereocenters. The van der Waals surface area contributed by atoms with Gasteiger partial charge in [-0.05, 0) is 6.92 Å². The Hall–Kier alpha value is 0.439. The van der Waals surface area contributed by atoms with Gasteiger partial charge in [-0.3, -0.25) is 0 Å². The van der Waals surface area contributed by atoms with Gasteiger partial charge in [0.2, 0.25) is 0 Å². The van der Waals surface area contributed by atoms with E-state index in [4.69, 9.17) is 9.47 Å². The second-order valence-corrected chi connectivity index (χ2v) is 2.08. The molecule has 1 rings (SSSR count). The van der Waals surface area contributed by atoms with Crippen LogP contribution in [-0.4, -0.2) is 19.0 Å². The number of rotatable bonds is 1. The van der Waals surface area contributed by atoms with E-state index in [0.29, 0.717) is 19.6 Å². The number of hydrogen-bond donors (Lipinski definition) is 0. The van der Waals surface area contributed by atoms with Crippen LogP contribution in [0.15, 0.2) is 0 Å². The molecule has 3 heteroatoms. The minimum atomic E-state index is -0.375. The number of ether oxygens (including phenoxy) is 2. The predicted molar refractivity (Wildman–Crippen MR) is 30.3 cm³/mol. The van der Waals surface area contributed by atoms with E-state index in [-0.39, 0.29) is 22.9 Å². The van der Waals surface area contributed by atoms with Gasteiger partial charge in [-0.15, -0.1) is 6.42 Å². The van der Waals surface area contributed by atoms with Gasteiger partial charge in [-0.1, -0.05) is 0 Å². The Balaban J connectivity index is 0.000000640. The molecule has 0 atom stereocenters. The summed E-state index contributed by atoms with van der Waals surface area (Å²) in [4.78, 5) is 0. The molecule has 1 aliphatic heterocycles. The third kappa shape index (κ3) is 2.26. The zero-order valence-electron chi connectivity index (χ0n) is 5.45. The fourth-order valence-corrected chi connectivity index (χ4v) is 0.701. The maximum Gasteiger partial charge on any atom is 1.00 e. The van der Waals surface area contributed by atoms with Crippen LogP contribution in [0.5, 0.6) is 0 Å². The summed E-state index contributed by atoms with van der Waals surface area (Å²) in [5, 5.41) is 0. The van der Waals surface area contributed by atoms with E-state index in [1.807, 2.05) is 6.92 Å². The van der Waals surface area contributed by atoms with E-state index >= 15 is 0 Å². The quantitative estimate of drug-likeness (QED) is 0.440. The van der Waals surface area contributed by atoms with Crippen LogP contribution in [0.4, 0.5) is 0 Å². The minimum Gasteiger partial charge on any atom is -0.351 e. The normalized spacial score (nSPS) is 23.3. The smallest absolute Gasteiger partial charge is 0.351 e. The molecule has 0 aliphatic carbocycles. The Morgan fingerprint density at radius 1 is 1.44 bits per heavy atom. The largest absolute Gasteiger partial charge is 1.00 e. The van der Waals surface area contributed by atoms with Crippen molar-refractivity contribution in [2.45, 2.75) is 19.1 Å². The zero-order valence-corrected chi connectivity index (χ0v) is 6.39. The van der Waals surface area contributed by atoms with Crippen LogP contribution in [0.1, 0.15) is 13.3 Å². The Kier molecular flexibility index (Phi) is 3.74. The average molecular weight is 179 g/mol. The molecule has 9 heavy (non-hydrogen) atoms. The third-order valence-electron chi connectivity index (χ3n) is 1.35. The number of hydrogen-bond acceptors (Lipinski definition) is 2. The standard InChI is InChI=1S/C6H11O2.Cu/c1-3-6(2)7-4-5-8-6;/h1,3-5H2,2H3;/q-1;+1. The van der Waals surface area contributed by atoms with E-state index in [9.17, 15) is 0 Å². The van der Waals surface area contributed by atoms with Crippen LogP contribution >= 0.6 is 0 Å². The van der Waals surface area contributed by atoms with Crippen molar-refractivity contribution in [3.63, 3.8) is 0 Å². The Morgan fingerprint density at radius 3 is 2.11 bits per heavy atom. The topological polar surface area (TPSA) is 18.5 Å². The van der Waals surface area contributed by atoms with Gasteiger partial charge in [0.05, 0.1) is 13.2 Å². The SMILES string of the molecule is [CH2-]CC1(C)OCCO1.[Cu+]. The molecular formula is C6H11CuO2. The summed E-state index contributed by atoms with van der Waals surface area (Å²) in [6, 6.07) is 0. The molecule has 2 nitrogen and oxygen atoms in total. The van der Waals surface area contributed by atoms with Crippen molar-refractivity contribution in [2.24, 2.45) is 0 Å². The maximum absolute atomic E-state index is 5.20. The van der Waals surface area contributed by atoms with E-state index in [1.54, 1.807) is 0 Å². The van der Waals surface area contributed by atoms with Gasteiger partial charge in [0.1, 0.15) is 5.79 Å². The molecule has 0 aromatic rings. The Bertz CT molecular complexity index is 79.1. The second kappa shape index (κ2) is 3.57. The fraction of sp³-hybridized carbons (Fsp3) is 0.833. The van der Waals surface area contributed by atoms with Gasteiger partial charge < -0.3 is 16.4 Å². The monoisotopic (exact) mass is 178 g/mol. The van der Waals surface area contributed by atoms with Crippen molar-refractivity contribution in [2.75, 3.05) is 13.2 Å². The first kappa shape index (κ1) is 9.44. The van der Waals surface area contributed by atoms with Crippen molar-refractivity contribution in [1.29, 1.82) is 0 Å². The summed E-state index contributed by atoms with van der Waals surface area (Å²) in [5.74, 6) is -0.375. The summed E-state index contributed by atoms with van der Waals surface area (Å²) < 4.78 is 10.4. The van der Waals surface area contributed by atoms with Crippen molar-refractivity contribution in [3.05, 3.63) is 6.92 Å². The van der Waals surface area contributed by atoms with Crippen LogP contribution in [0, 0.1) is 6.92 Å². The summed E-state index contributed by atoms with van der Waals surface area (Å²) in [5.41, 5.74) is 0. The molecule has 0 aromatic carbocycles. The van der Waals surface area contributed by atoms with E-state index in [1.165, 1.54) is 0 Å². The van der Waals surface area contributed by atoms with Crippen LogP contribution in [0.2, 0.25) is 0 Å². The van der Waals surface area contributed by atoms with Gasteiger partial charge in [0.15, 0.2) is 0 Å². The maximum atomic E-state index is 5.20. The van der Waals surface area contributed by atoms with Gasteiger partial charge >= 0.3 is 17.1 Å². The molecule has 0 spiro atoms.